The van der Waals surface area contributed by atoms with Gasteiger partial charge in [-0.25, -0.2) is 0 Å². The van der Waals surface area contributed by atoms with E-state index in [1.165, 1.54) is 13.2 Å². The molecule has 0 saturated carbocycles. The third-order valence-electron chi connectivity index (χ3n) is 5.35. The van der Waals surface area contributed by atoms with E-state index in [9.17, 15) is 15.2 Å². The van der Waals surface area contributed by atoms with Crippen LogP contribution in [-0.2, 0) is 4.79 Å². The predicted octanol–water partition coefficient (Wildman–Crippen LogP) is 3.10. The van der Waals surface area contributed by atoms with Gasteiger partial charge in [-0.05, 0) is 42.7 Å². The van der Waals surface area contributed by atoms with Gasteiger partial charge in [0, 0.05) is 23.9 Å². The van der Waals surface area contributed by atoms with Crippen molar-refractivity contribution >= 4 is 11.5 Å². The van der Waals surface area contributed by atoms with E-state index in [2.05, 4.69) is 11.1 Å². The fourth-order valence-corrected chi connectivity index (χ4v) is 4.07. The normalized spacial score (nSPS) is 19.1. The smallest absolute Gasteiger partial charge is 0.161 e. The Bertz CT molecular complexity index is 1080. The molecule has 1 aromatic heterocycles. The number of nitrogens with two attached hydrogens (primary N) is 1. The molecule has 7 heteroatoms. The lowest BCUT2D eigenvalue weighted by Gasteiger charge is -2.39. The monoisotopic (exact) mass is 388 g/mol. The number of aromatic hydroxyl groups is 1. The van der Waals surface area contributed by atoms with E-state index in [1.807, 2.05) is 6.07 Å². The lowest BCUT2D eigenvalue weighted by atomic mass is 9.75. The Morgan fingerprint density at radius 2 is 2.17 bits per heavy atom. The number of hydrogen-bond acceptors (Lipinski definition) is 7. The zero-order valence-corrected chi connectivity index (χ0v) is 15.9. The highest BCUT2D eigenvalue weighted by Crippen LogP contribution is 2.47. The number of anilines is 1. The van der Waals surface area contributed by atoms with E-state index < -0.39 is 5.92 Å². The molecule has 1 atom stereocenters. The first-order chi connectivity index (χ1) is 14.1. The van der Waals surface area contributed by atoms with Crippen molar-refractivity contribution in [2.45, 2.75) is 25.2 Å². The van der Waals surface area contributed by atoms with Gasteiger partial charge in [-0.1, -0.05) is 6.07 Å². The molecule has 1 unspecified atom stereocenters. The number of benzene rings is 1. The molecule has 4 rings (SSSR count). The average molecular weight is 388 g/mol. The molecule has 7 nitrogen and oxygen atoms in total. The van der Waals surface area contributed by atoms with Gasteiger partial charge in [0.25, 0.3) is 0 Å². The van der Waals surface area contributed by atoms with Crippen molar-refractivity contribution in [3.8, 4) is 17.6 Å². The predicted molar refractivity (Wildman–Crippen MR) is 107 cm³/mol. The van der Waals surface area contributed by atoms with Crippen molar-refractivity contribution in [3.63, 3.8) is 0 Å². The van der Waals surface area contributed by atoms with Crippen LogP contribution in [0.1, 0.15) is 30.7 Å². The van der Waals surface area contributed by atoms with Gasteiger partial charge in [0.15, 0.2) is 17.3 Å². The topological polar surface area (TPSA) is 112 Å². The first-order valence-electron chi connectivity index (χ1n) is 9.29. The number of carbonyl (C=O) groups is 1. The van der Waals surface area contributed by atoms with Crippen LogP contribution in [0.3, 0.4) is 0 Å². The molecule has 146 valence electrons. The summed E-state index contributed by atoms with van der Waals surface area (Å²) in [5.41, 5.74) is 9.51. The summed E-state index contributed by atoms with van der Waals surface area (Å²) in [6, 6.07) is 10.7. The summed E-state index contributed by atoms with van der Waals surface area (Å²) >= 11 is 0. The van der Waals surface area contributed by atoms with Gasteiger partial charge < -0.3 is 15.6 Å². The van der Waals surface area contributed by atoms with Crippen LogP contribution in [0.25, 0.3) is 0 Å². The zero-order chi connectivity index (χ0) is 20.5. The molecule has 1 aliphatic carbocycles. The van der Waals surface area contributed by atoms with Gasteiger partial charge in [0.1, 0.15) is 5.82 Å². The Labute approximate surface area is 168 Å². The van der Waals surface area contributed by atoms with Gasteiger partial charge >= 0.3 is 0 Å². The fourth-order valence-electron chi connectivity index (χ4n) is 4.07. The number of pyridine rings is 1. The van der Waals surface area contributed by atoms with Crippen LogP contribution >= 0.6 is 0 Å². The van der Waals surface area contributed by atoms with Gasteiger partial charge in [-0.3, -0.25) is 14.7 Å². The molecule has 3 N–H and O–H groups in total. The van der Waals surface area contributed by atoms with Crippen molar-refractivity contribution < 1.29 is 14.6 Å². The maximum atomic E-state index is 13.0. The highest BCUT2D eigenvalue weighted by atomic mass is 16.5. The number of hydrogen-bond donors (Lipinski definition) is 2. The molecule has 2 aliphatic rings. The second kappa shape index (κ2) is 7.32. The Morgan fingerprint density at radius 3 is 2.86 bits per heavy atom. The number of nitrogens with zero attached hydrogens (tertiary/aromatic N) is 3. The lowest BCUT2D eigenvalue weighted by Crippen LogP contribution is -2.38. The van der Waals surface area contributed by atoms with Crippen molar-refractivity contribution in [1.82, 2.24) is 4.98 Å². The molecule has 0 amide bonds. The van der Waals surface area contributed by atoms with E-state index in [0.717, 1.165) is 12.1 Å². The molecule has 2 aromatic rings. The second-order valence-corrected chi connectivity index (χ2v) is 6.96. The second-order valence-electron chi connectivity index (χ2n) is 6.96. The fraction of sp³-hybridized carbons (Fsp3) is 0.227. The van der Waals surface area contributed by atoms with Crippen molar-refractivity contribution in [1.29, 1.82) is 5.26 Å². The maximum Gasteiger partial charge on any atom is 0.161 e. The van der Waals surface area contributed by atoms with Gasteiger partial charge in [-0.15, -0.1) is 0 Å². The number of phenols is 1. The van der Waals surface area contributed by atoms with Crippen LogP contribution in [0.15, 0.2) is 65.4 Å². The number of phenolic OH excluding ortho intramolecular Hbond substituents is 1. The molecule has 29 heavy (non-hydrogen) atoms. The summed E-state index contributed by atoms with van der Waals surface area (Å²) < 4.78 is 5.23. The highest BCUT2D eigenvalue weighted by molar-refractivity contribution is 6.01. The van der Waals surface area contributed by atoms with Gasteiger partial charge in [0.05, 0.1) is 36.6 Å². The van der Waals surface area contributed by atoms with Crippen LogP contribution in [0, 0.1) is 11.3 Å². The zero-order valence-electron chi connectivity index (χ0n) is 15.9. The van der Waals surface area contributed by atoms with E-state index in [1.54, 1.807) is 35.5 Å². The molecular formula is C22H20N4O3. The number of aromatic nitrogens is 1. The Balaban J connectivity index is 1.97. The standard InChI is InChI=1S/C22H20N4O3/c1-29-19-10-13(7-8-17(19)27)20-15(11-23)22(24)26(14-4-3-9-25-12-14)16-5-2-6-18(28)21(16)20/h3-4,7-10,12,20,27H,2,5-6,24H2,1H3. The number of methoxy groups -OCH3 is 1. The van der Waals surface area contributed by atoms with Gasteiger partial charge in [0.2, 0.25) is 0 Å². The Morgan fingerprint density at radius 1 is 1.34 bits per heavy atom. The number of rotatable bonds is 3. The van der Waals surface area contributed by atoms with Crippen molar-refractivity contribution in [2.24, 2.45) is 5.73 Å². The van der Waals surface area contributed by atoms with E-state index in [4.69, 9.17) is 10.5 Å². The van der Waals surface area contributed by atoms with E-state index in [-0.39, 0.29) is 28.7 Å². The third-order valence-corrected chi connectivity index (χ3v) is 5.35. The number of ketones is 1. The van der Waals surface area contributed by atoms with Crippen LogP contribution in [-0.4, -0.2) is 23.0 Å². The van der Waals surface area contributed by atoms with Crippen LogP contribution < -0.4 is 15.4 Å². The minimum absolute atomic E-state index is 0.00238. The molecular weight excluding hydrogens is 368 g/mol. The number of Topliss-reactive ketones (excluding diaryl/α,β-unsaturated/α-hetero) is 1. The number of ether oxygens (including phenoxy) is 1. The van der Waals surface area contributed by atoms with E-state index >= 15 is 0 Å². The first-order valence-corrected chi connectivity index (χ1v) is 9.29. The maximum absolute atomic E-state index is 13.0. The van der Waals surface area contributed by atoms with Crippen molar-refractivity contribution in [2.75, 3.05) is 12.0 Å². The average Bonchev–Trinajstić information content (AvgIpc) is 2.74. The Hall–Kier alpha value is -3.79. The minimum atomic E-state index is -0.606. The summed E-state index contributed by atoms with van der Waals surface area (Å²) in [5, 5.41) is 19.9. The molecule has 1 aromatic carbocycles. The molecule has 2 heterocycles. The molecule has 0 bridgehead atoms. The molecule has 0 fully saturated rings. The quantitative estimate of drug-likeness (QED) is 0.831. The van der Waals surface area contributed by atoms with Crippen LogP contribution in [0.2, 0.25) is 0 Å². The summed E-state index contributed by atoms with van der Waals surface area (Å²) in [7, 11) is 1.45. The molecule has 0 spiro atoms. The highest BCUT2D eigenvalue weighted by Gasteiger charge is 2.40. The van der Waals surface area contributed by atoms with Crippen molar-refractivity contribution in [3.05, 3.63) is 71.0 Å². The summed E-state index contributed by atoms with van der Waals surface area (Å²) in [5.74, 6) is -0.0595. The summed E-state index contributed by atoms with van der Waals surface area (Å²) in [4.78, 5) is 19.0. The third kappa shape index (κ3) is 2.99. The van der Waals surface area contributed by atoms with Crippen LogP contribution in [0.5, 0.6) is 11.5 Å². The lowest BCUT2D eigenvalue weighted by molar-refractivity contribution is -0.116. The Kier molecular flexibility index (Phi) is 4.69. The summed E-state index contributed by atoms with van der Waals surface area (Å²) in [6.07, 6.45) is 5.13. The largest absolute Gasteiger partial charge is 0.504 e. The first kappa shape index (κ1) is 18.6. The SMILES string of the molecule is COc1cc(C2C(C#N)=C(N)N(c3cccnc3)C3=C2C(=O)CCC3)ccc1O. The number of allylic oxidation sites excluding steroid dienone is 3. The molecule has 0 radical (unpaired) electrons. The van der Waals surface area contributed by atoms with Gasteiger partial charge in [-0.2, -0.15) is 5.26 Å². The van der Waals surface area contributed by atoms with E-state index in [0.29, 0.717) is 29.7 Å². The summed E-state index contributed by atoms with van der Waals surface area (Å²) in [6.45, 7) is 0. The number of carbonyl (C=O) groups excluding carboxylic acids is 1. The molecule has 1 aliphatic heterocycles. The number of nitriles is 1. The minimum Gasteiger partial charge on any atom is -0.504 e. The molecule has 0 saturated heterocycles. The van der Waals surface area contributed by atoms with Crippen LogP contribution in [0.4, 0.5) is 5.69 Å².